The Morgan fingerprint density at radius 2 is 2.19 bits per heavy atom. The maximum absolute atomic E-state index is 4.26. The van der Waals surface area contributed by atoms with E-state index >= 15 is 0 Å². The van der Waals surface area contributed by atoms with Crippen LogP contribution < -0.4 is 5.32 Å². The van der Waals surface area contributed by atoms with Crippen LogP contribution in [-0.2, 0) is 0 Å². The second-order valence-electron chi connectivity index (χ2n) is 3.95. The normalized spacial score (nSPS) is 10.8. The highest BCUT2D eigenvalue weighted by Gasteiger charge is 1.97. The minimum Gasteiger partial charge on any atom is -0.369 e. The summed E-state index contributed by atoms with van der Waals surface area (Å²) < 4.78 is 1.01. The van der Waals surface area contributed by atoms with E-state index in [0.717, 1.165) is 23.4 Å². The summed E-state index contributed by atoms with van der Waals surface area (Å²) in [7, 11) is 2.16. The third kappa shape index (κ3) is 5.47. The Morgan fingerprint density at radius 1 is 1.38 bits per heavy atom. The lowest BCUT2D eigenvalue weighted by Crippen LogP contribution is -2.26. The molecular formula is C12H20BrN3. The molecule has 0 aliphatic heterocycles. The van der Waals surface area contributed by atoms with Gasteiger partial charge in [0.15, 0.2) is 0 Å². The maximum atomic E-state index is 4.26. The molecule has 1 rings (SSSR count). The Bertz CT molecular complexity index is 287. The second-order valence-corrected chi connectivity index (χ2v) is 4.86. The van der Waals surface area contributed by atoms with Gasteiger partial charge in [-0.15, -0.1) is 0 Å². The van der Waals surface area contributed by atoms with E-state index in [4.69, 9.17) is 0 Å². The zero-order valence-corrected chi connectivity index (χ0v) is 11.6. The van der Waals surface area contributed by atoms with Crippen molar-refractivity contribution in [2.24, 2.45) is 0 Å². The molecule has 1 aromatic rings. The van der Waals surface area contributed by atoms with Crippen LogP contribution in [-0.4, -0.2) is 36.6 Å². The zero-order valence-electron chi connectivity index (χ0n) is 10.0. The molecule has 4 heteroatoms. The van der Waals surface area contributed by atoms with E-state index in [1.54, 1.807) is 0 Å². The van der Waals surface area contributed by atoms with Crippen LogP contribution in [0.5, 0.6) is 0 Å². The lowest BCUT2D eigenvalue weighted by Gasteiger charge is -2.16. The molecule has 1 N–H and O–H groups in total. The maximum Gasteiger partial charge on any atom is 0.126 e. The van der Waals surface area contributed by atoms with Gasteiger partial charge >= 0.3 is 0 Å². The van der Waals surface area contributed by atoms with E-state index < -0.39 is 0 Å². The number of halogens is 1. The first kappa shape index (κ1) is 13.5. The first-order chi connectivity index (χ1) is 7.72. The summed E-state index contributed by atoms with van der Waals surface area (Å²) in [6.07, 6.45) is 4.34. The van der Waals surface area contributed by atoms with Crippen molar-refractivity contribution in [3.05, 3.63) is 22.8 Å². The minimum atomic E-state index is 0.937. The zero-order chi connectivity index (χ0) is 11.8. The molecule has 16 heavy (non-hydrogen) atoms. The fraction of sp³-hybridized carbons (Fsp3) is 0.583. The summed E-state index contributed by atoms with van der Waals surface area (Å²) >= 11 is 3.37. The molecule has 0 aromatic carbocycles. The van der Waals surface area contributed by atoms with Crippen molar-refractivity contribution in [1.82, 2.24) is 9.88 Å². The smallest absolute Gasteiger partial charge is 0.126 e. The average molecular weight is 286 g/mol. The molecular weight excluding hydrogens is 266 g/mol. The largest absolute Gasteiger partial charge is 0.369 e. The molecule has 0 bridgehead atoms. The van der Waals surface area contributed by atoms with E-state index in [0.29, 0.717) is 0 Å². The summed E-state index contributed by atoms with van der Waals surface area (Å²) in [5, 5.41) is 3.31. The van der Waals surface area contributed by atoms with E-state index in [1.807, 2.05) is 18.3 Å². The van der Waals surface area contributed by atoms with Gasteiger partial charge in [-0.05, 0) is 48.1 Å². The number of hydrogen-bond acceptors (Lipinski definition) is 3. The van der Waals surface area contributed by atoms with Crippen LogP contribution in [0.15, 0.2) is 22.8 Å². The Morgan fingerprint density at radius 3 is 2.81 bits per heavy atom. The van der Waals surface area contributed by atoms with Gasteiger partial charge in [0.1, 0.15) is 5.82 Å². The molecule has 0 unspecified atom stereocenters. The van der Waals surface area contributed by atoms with Crippen molar-refractivity contribution in [3.8, 4) is 0 Å². The Balaban J connectivity index is 2.17. The second kappa shape index (κ2) is 7.63. The molecule has 0 amide bonds. The van der Waals surface area contributed by atoms with Crippen molar-refractivity contribution in [1.29, 1.82) is 0 Å². The lowest BCUT2D eigenvalue weighted by atomic mass is 10.3. The van der Waals surface area contributed by atoms with Crippen LogP contribution in [0.4, 0.5) is 5.82 Å². The summed E-state index contributed by atoms with van der Waals surface area (Å²) in [5.74, 6) is 0.937. The van der Waals surface area contributed by atoms with Crippen LogP contribution in [0, 0.1) is 0 Å². The van der Waals surface area contributed by atoms with Crippen molar-refractivity contribution in [3.63, 3.8) is 0 Å². The number of rotatable bonds is 7. The van der Waals surface area contributed by atoms with Gasteiger partial charge in [0, 0.05) is 23.8 Å². The van der Waals surface area contributed by atoms with Crippen molar-refractivity contribution < 1.29 is 0 Å². The minimum absolute atomic E-state index is 0.937. The molecule has 1 heterocycles. The summed E-state index contributed by atoms with van der Waals surface area (Å²) in [5.41, 5.74) is 0. The number of nitrogens with zero attached hydrogens (tertiary/aromatic N) is 2. The van der Waals surface area contributed by atoms with Crippen LogP contribution >= 0.6 is 15.9 Å². The molecule has 0 atom stereocenters. The fourth-order valence-corrected chi connectivity index (χ4v) is 1.63. The van der Waals surface area contributed by atoms with E-state index in [-0.39, 0.29) is 0 Å². The monoisotopic (exact) mass is 285 g/mol. The van der Waals surface area contributed by atoms with E-state index in [2.05, 4.69) is 45.1 Å². The Hall–Kier alpha value is -0.610. The average Bonchev–Trinajstić information content (AvgIpc) is 2.29. The SMILES string of the molecule is CCCCN(C)CCNc1ccc(Br)cn1. The van der Waals surface area contributed by atoms with Crippen molar-refractivity contribution >= 4 is 21.7 Å². The predicted molar refractivity (Wildman–Crippen MR) is 72.8 cm³/mol. The summed E-state index contributed by atoms with van der Waals surface area (Å²) in [6, 6.07) is 3.98. The van der Waals surface area contributed by atoms with Gasteiger partial charge in [-0.3, -0.25) is 0 Å². The quantitative estimate of drug-likeness (QED) is 0.835. The first-order valence-corrected chi connectivity index (χ1v) is 6.55. The number of unbranched alkanes of at least 4 members (excludes halogenated alkanes) is 1. The molecule has 0 saturated carbocycles. The van der Waals surface area contributed by atoms with Crippen molar-refractivity contribution in [2.75, 3.05) is 32.0 Å². The Labute approximate surface area is 106 Å². The van der Waals surface area contributed by atoms with Crippen LogP contribution in [0.3, 0.4) is 0 Å². The molecule has 0 saturated heterocycles. The molecule has 0 spiro atoms. The molecule has 0 aliphatic rings. The molecule has 3 nitrogen and oxygen atoms in total. The third-order valence-corrected chi connectivity index (χ3v) is 2.89. The first-order valence-electron chi connectivity index (χ1n) is 5.76. The standard InChI is InChI=1S/C12H20BrN3/c1-3-4-8-16(2)9-7-14-12-6-5-11(13)10-15-12/h5-6,10H,3-4,7-9H2,1-2H3,(H,14,15). The number of hydrogen-bond donors (Lipinski definition) is 1. The topological polar surface area (TPSA) is 28.2 Å². The fourth-order valence-electron chi connectivity index (χ4n) is 1.40. The van der Waals surface area contributed by atoms with Gasteiger partial charge in [-0.2, -0.15) is 0 Å². The summed E-state index contributed by atoms with van der Waals surface area (Å²) in [6.45, 7) is 5.39. The number of likely N-dealkylation sites (N-methyl/N-ethyl adjacent to an activating group) is 1. The van der Waals surface area contributed by atoms with Crippen molar-refractivity contribution in [2.45, 2.75) is 19.8 Å². The van der Waals surface area contributed by atoms with Gasteiger partial charge in [-0.1, -0.05) is 13.3 Å². The number of pyridine rings is 1. The molecule has 0 radical (unpaired) electrons. The van der Waals surface area contributed by atoms with E-state index in [1.165, 1.54) is 19.4 Å². The lowest BCUT2D eigenvalue weighted by molar-refractivity contribution is 0.340. The number of anilines is 1. The van der Waals surface area contributed by atoms with Gasteiger partial charge in [0.05, 0.1) is 0 Å². The highest BCUT2D eigenvalue weighted by atomic mass is 79.9. The Kier molecular flexibility index (Phi) is 6.42. The molecule has 0 aliphatic carbocycles. The molecule has 1 aromatic heterocycles. The predicted octanol–water partition coefficient (Wildman–Crippen LogP) is 2.99. The number of aromatic nitrogens is 1. The van der Waals surface area contributed by atoms with Gasteiger partial charge < -0.3 is 10.2 Å². The van der Waals surface area contributed by atoms with Crippen LogP contribution in [0.25, 0.3) is 0 Å². The highest BCUT2D eigenvalue weighted by Crippen LogP contribution is 2.09. The molecule has 0 fully saturated rings. The van der Waals surface area contributed by atoms with Gasteiger partial charge in [0.25, 0.3) is 0 Å². The van der Waals surface area contributed by atoms with E-state index in [9.17, 15) is 0 Å². The third-order valence-electron chi connectivity index (χ3n) is 2.42. The summed E-state index contributed by atoms with van der Waals surface area (Å²) in [4.78, 5) is 6.60. The van der Waals surface area contributed by atoms with Crippen LogP contribution in [0.1, 0.15) is 19.8 Å². The molecule has 90 valence electrons. The van der Waals surface area contributed by atoms with Crippen LogP contribution in [0.2, 0.25) is 0 Å². The van der Waals surface area contributed by atoms with Gasteiger partial charge in [-0.25, -0.2) is 4.98 Å². The number of nitrogens with one attached hydrogen (secondary N) is 1. The highest BCUT2D eigenvalue weighted by molar-refractivity contribution is 9.10. The van der Waals surface area contributed by atoms with Gasteiger partial charge in [0.2, 0.25) is 0 Å².